The third-order valence-corrected chi connectivity index (χ3v) is 25.0. The van der Waals surface area contributed by atoms with Crippen molar-refractivity contribution in [3.63, 3.8) is 0 Å². The number of piperidine rings is 3. The molecule has 0 aromatic heterocycles. The number of hydrogen-bond donors (Lipinski definition) is 3. The number of fused-ring (bicyclic) bond motifs is 3. The number of nitrogens with one attached hydrogen (secondary N) is 3. The Bertz CT molecular complexity index is 4340. The van der Waals surface area contributed by atoms with Gasteiger partial charge in [0.25, 0.3) is 0 Å². The first-order chi connectivity index (χ1) is 49.5. The number of para-hydroxylation sites is 3. The van der Waals surface area contributed by atoms with E-state index in [0.29, 0.717) is 18.1 Å². The number of rotatable bonds is 12. The van der Waals surface area contributed by atoms with Crippen molar-refractivity contribution in [2.75, 3.05) is 75.1 Å². The molecule has 522 valence electrons. The number of likely N-dealkylation sites (tertiary alicyclic amines) is 3. The molecule has 3 N–H and O–H groups in total. The zero-order valence-corrected chi connectivity index (χ0v) is 59.6. The third kappa shape index (κ3) is 11.2. The molecule has 0 bridgehead atoms. The van der Waals surface area contributed by atoms with Crippen LogP contribution in [0, 0.1) is 0 Å². The van der Waals surface area contributed by atoms with Crippen LogP contribution in [-0.4, -0.2) is 129 Å². The van der Waals surface area contributed by atoms with E-state index in [1.165, 1.54) is 65.7 Å². The molecule has 3 fully saturated rings. The molecule has 6 amide bonds. The highest BCUT2D eigenvalue weighted by Crippen LogP contribution is 2.52. The van der Waals surface area contributed by atoms with Crippen molar-refractivity contribution >= 4 is 84.8 Å². The van der Waals surface area contributed by atoms with Crippen molar-refractivity contribution in [1.82, 2.24) is 30.7 Å². The maximum absolute atomic E-state index is 13.8. The molecule has 6 atom stereocenters. The van der Waals surface area contributed by atoms with Crippen molar-refractivity contribution < 1.29 is 28.8 Å². The number of anilines is 3. The molecule has 0 spiro atoms. The summed E-state index contributed by atoms with van der Waals surface area (Å²) in [5, 5.41) is 16.4. The first-order valence-corrected chi connectivity index (χ1v) is 37.2. The van der Waals surface area contributed by atoms with E-state index < -0.39 is 16.2 Å². The number of hydrogen-bond acceptors (Lipinski definition) is 9. The van der Waals surface area contributed by atoms with Gasteiger partial charge in [-0.05, 0) is 179 Å². The zero-order valence-electron chi connectivity index (χ0n) is 59.6. The standard InChI is InChI=1S/3C29H31N3O2/c3*1-29(18-26(33)30-2)23-11-3-4-12-24(23)32(28(29)34)21-13-15-31(16-14-21)25-17-20-9-5-7-19-8-6-10-22(25)27(19)20/h3*3-12,21,25H,13-18H2,1-2H3,(H,30,33)/t25-,29+;2*25-,29-/m010/s1. The first kappa shape index (κ1) is 67.0. The van der Waals surface area contributed by atoms with Gasteiger partial charge in [-0.3, -0.25) is 43.5 Å². The summed E-state index contributed by atoms with van der Waals surface area (Å²) < 4.78 is 0. The molecule has 0 saturated carbocycles. The molecular formula is C87H93N9O6. The number of nitrogens with zero attached hydrogens (tertiary/aromatic N) is 6. The maximum atomic E-state index is 13.8. The highest BCUT2D eigenvalue weighted by Gasteiger charge is 2.54. The van der Waals surface area contributed by atoms with Crippen LogP contribution in [0.25, 0.3) is 32.3 Å². The average Bonchev–Trinajstić information content (AvgIpc) is 1.59. The summed E-state index contributed by atoms with van der Waals surface area (Å²) in [6, 6.07) is 65.8. The van der Waals surface area contributed by atoms with Crippen LogP contribution in [0.4, 0.5) is 17.1 Å². The Kier molecular flexibility index (Phi) is 17.5. The predicted octanol–water partition coefficient (Wildman–Crippen LogP) is 13.0. The maximum Gasteiger partial charge on any atom is 0.238 e. The van der Waals surface area contributed by atoms with Gasteiger partial charge in [-0.2, -0.15) is 0 Å². The lowest BCUT2D eigenvalue weighted by atomic mass is 9.80. The highest BCUT2D eigenvalue weighted by atomic mass is 16.2. The Balaban J connectivity index is 0.000000118. The molecule has 15 heteroatoms. The molecule has 3 aliphatic carbocycles. The Morgan fingerprint density at radius 2 is 0.588 bits per heavy atom. The fourth-order valence-electron chi connectivity index (χ4n) is 19.7. The summed E-state index contributed by atoms with van der Waals surface area (Å²) in [6.45, 7) is 11.6. The van der Waals surface area contributed by atoms with Crippen LogP contribution in [0.5, 0.6) is 0 Å². The topological polar surface area (TPSA) is 158 Å². The van der Waals surface area contributed by atoms with Crippen molar-refractivity contribution in [1.29, 1.82) is 0 Å². The van der Waals surface area contributed by atoms with Crippen molar-refractivity contribution in [3.05, 3.63) is 232 Å². The molecule has 0 unspecified atom stereocenters. The molecule has 18 rings (SSSR count). The monoisotopic (exact) mass is 1360 g/mol. The van der Waals surface area contributed by atoms with Gasteiger partial charge in [-0.25, -0.2) is 0 Å². The zero-order chi connectivity index (χ0) is 70.3. The summed E-state index contributed by atoms with van der Waals surface area (Å²) in [7, 11) is 4.89. The number of carbonyl (C=O) groups excluding carboxylic acids is 6. The van der Waals surface area contributed by atoms with Crippen LogP contribution in [0.1, 0.15) is 147 Å². The third-order valence-electron chi connectivity index (χ3n) is 25.0. The summed E-state index contributed by atoms with van der Waals surface area (Å²) in [5.41, 5.74) is 12.2. The smallest absolute Gasteiger partial charge is 0.238 e. The summed E-state index contributed by atoms with van der Waals surface area (Å²) in [4.78, 5) is 92.1. The Labute approximate surface area is 598 Å². The van der Waals surface area contributed by atoms with E-state index in [9.17, 15) is 28.8 Å². The highest BCUT2D eigenvalue weighted by molar-refractivity contribution is 6.12. The summed E-state index contributed by atoms with van der Waals surface area (Å²) >= 11 is 0. The van der Waals surface area contributed by atoms with Gasteiger partial charge in [0.15, 0.2) is 0 Å². The molecule has 6 aliphatic heterocycles. The van der Waals surface area contributed by atoms with Crippen LogP contribution in [-0.2, 0) is 64.3 Å². The Morgan fingerprint density at radius 1 is 0.343 bits per heavy atom. The minimum Gasteiger partial charge on any atom is -0.359 e. The second-order valence-corrected chi connectivity index (χ2v) is 30.7. The first-order valence-electron chi connectivity index (χ1n) is 37.2. The molecule has 15 nitrogen and oxygen atoms in total. The summed E-state index contributed by atoms with van der Waals surface area (Å²) in [6.07, 6.45) is 9.40. The molecule has 0 radical (unpaired) electrons. The van der Waals surface area contributed by atoms with Gasteiger partial charge in [0.05, 0.1) is 16.2 Å². The minimum atomic E-state index is -0.809. The predicted molar refractivity (Wildman–Crippen MR) is 405 cm³/mol. The fourth-order valence-corrected chi connectivity index (χ4v) is 19.7. The van der Waals surface area contributed by atoms with Gasteiger partial charge >= 0.3 is 0 Å². The molecular weight excluding hydrogens is 1270 g/mol. The van der Waals surface area contributed by atoms with Crippen LogP contribution in [0.3, 0.4) is 0 Å². The van der Waals surface area contributed by atoms with E-state index in [1.54, 1.807) is 21.1 Å². The van der Waals surface area contributed by atoms with E-state index >= 15 is 0 Å². The van der Waals surface area contributed by atoms with Gasteiger partial charge in [-0.15, -0.1) is 0 Å². The van der Waals surface area contributed by atoms with Crippen LogP contribution >= 0.6 is 0 Å². The van der Waals surface area contributed by atoms with Gasteiger partial charge < -0.3 is 30.7 Å². The molecule has 6 heterocycles. The lowest BCUT2D eigenvalue weighted by Gasteiger charge is -2.40. The Morgan fingerprint density at radius 3 is 0.843 bits per heavy atom. The van der Waals surface area contributed by atoms with Crippen LogP contribution < -0.4 is 30.7 Å². The van der Waals surface area contributed by atoms with E-state index in [1.807, 2.05) is 108 Å². The molecule has 9 aliphatic rings. The van der Waals surface area contributed by atoms with E-state index in [0.717, 1.165) is 131 Å². The number of carbonyl (C=O) groups is 6. The van der Waals surface area contributed by atoms with E-state index in [-0.39, 0.29) is 72.8 Å². The van der Waals surface area contributed by atoms with Gasteiger partial charge in [0.2, 0.25) is 35.4 Å². The van der Waals surface area contributed by atoms with Crippen LogP contribution in [0.2, 0.25) is 0 Å². The lowest BCUT2D eigenvalue weighted by molar-refractivity contribution is -0.129. The minimum absolute atomic E-state index is 0.0637. The van der Waals surface area contributed by atoms with Crippen molar-refractivity contribution in [3.8, 4) is 0 Å². The van der Waals surface area contributed by atoms with Gasteiger partial charge in [0.1, 0.15) is 0 Å². The van der Waals surface area contributed by atoms with Crippen LogP contribution in [0.15, 0.2) is 182 Å². The molecule has 3 saturated heterocycles. The van der Waals surface area contributed by atoms with Crippen molar-refractivity contribution in [2.24, 2.45) is 0 Å². The largest absolute Gasteiger partial charge is 0.359 e. The van der Waals surface area contributed by atoms with E-state index in [4.69, 9.17) is 0 Å². The SMILES string of the molecule is CNC(=O)C[C@@]1(C)C(=O)N(C2CCN([C@@H]3Cc4cccc5cccc3c45)CC2)c2ccccc21.CNC(=O)C[C@@]1(C)C(=O)N(C2CCN([C@H]3Cc4cccc5cccc3c45)CC2)c2ccccc21.CNC(=O)C[C@]1(C)C(=O)N(C2CCN([C@H]3Cc4cccc5cccc3c45)CC2)c2ccccc21. The van der Waals surface area contributed by atoms with E-state index in [2.05, 4.69) is 140 Å². The van der Waals surface area contributed by atoms with Gasteiger partial charge in [-0.1, -0.05) is 164 Å². The van der Waals surface area contributed by atoms with Crippen molar-refractivity contribution in [2.45, 2.75) is 150 Å². The fraction of sp³-hybridized carbons (Fsp3) is 0.379. The average molecular weight is 1360 g/mol. The lowest BCUT2D eigenvalue weighted by Crippen LogP contribution is -2.50. The molecule has 9 aromatic rings. The summed E-state index contributed by atoms with van der Waals surface area (Å²) in [5.74, 6) is -0.108. The second kappa shape index (κ2) is 26.7. The number of benzene rings is 9. The quantitative estimate of drug-likeness (QED) is 0.108. The molecule has 102 heavy (non-hydrogen) atoms. The molecule has 9 aromatic carbocycles. The normalized spacial score (nSPS) is 24.6. The number of amides is 6. The Hall–Kier alpha value is -9.54. The second-order valence-electron chi connectivity index (χ2n) is 30.7. The van der Waals surface area contributed by atoms with Gasteiger partial charge in [0, 0.05) is 133 Å².